The highest BCUT2D eigenvalue weighted by molar-refractivity contribution is 5.42. The molecule has 0 bridgehead atoms. The molecule has 2 rings (SSSR count). The zero-order valence-electron chi connectivity index (χ0n) is 8.16. The Hall–Kier alpha value is -1.52. The van der Waals surface area contributed by atoms with Gasteiger partial charge >= 0.3 is 0 Å². The molecule has 0 aliphatic carbocycles. The summed E-state index contributed by atoms with van der Waals surface area (Å²) in [6.07, 6.45) is 5.49. The summed E-state index contributed by atoms with van der Waals surface area (Å²) < 4.78 is 5.57. The molecule has 1 heterocycles. The maximum atomic E-state index is 5.57. The largest absolute Gasteiger partial charge is 0.343 e. The standard InChI is InChI=1S/C13H12O/c1-4-13(12(14-13)10(2)3)11-8-6-5-7-9-11/h1,5-9,12H,2H2,3H3. The average Bonchev–Trinajstić information content (AvgIpc) is 2.95. The minimum absolute atomic E-state index is 0.0186. The van der Waals surface area contributed by atoms with E-state index in [0.717, 1.165) is 11.1 Å². The molecular weight excluding hydrogens is 172 g/mol. The minimum Gasteiger partial charge on any atom is -0.343 e. The molecule has 1 aliphatic rings. The lowest BCUT2D eigenvalue weighted by atomic mass is 9.93. The van der Waals surface area contributed by atoms with Crippen LogP contribution >= 0.6 is 0 Å². The van der Waals surface area contributed by atoms with Crippen LogP contribution in [-0.2, 0) is 10.3 Å². The maximum Gasteiger partial charge on any atom is 0.184 e. The van der Waals surface area contributed by atoms with Crippen molar-refractivity contribution >= 4 is 0 Å². The molecule has 0 spiro atoms. The average molecular weight is 184 g/mol. The van der Waals surface area contributed by atoms with Gasteiger partial charge in [0.1, 0.15) is 6.10 Å². The van der Waals surface area contributed by atoms with Crippen molar-refractivity contribution in [3.05, 3.63) is 48.0 Å². The second-order valence-corrected chi connectivity index (χ2v) is 3.59. The first-order chi connectivity index (χ1) is 6.70. The van der Waals surface area contributed by atoms with Gasteiger partial charge in [0.25, 0.3) is 0 Å². The summed E-state index contributed by atoms with van der Waals surface area (Å²) in [5.41, 5.74) is 1.47. The molecule has 1 aromatic rings. The Kier molecular flexibility index (Phi) is 1.94. The molecule has 0 saturated carbocycles. The summed E-state index contributed by atoms with van der Waals surface area (Å²) in [6.45, 7) is 5.80. The predicted molar refractivity (Wildman–Crippen MR) is 56.6 cm³/mol. The number of hydrogen-bond donors (Lipinski definition) is 0. The van der Waals surface area contributed by atoms with Crippen LogP contribution in [0.25, 0.3) is 0 Å². The molecule has 0 radical (unpaired) electrons. The van der Waals surface area contributed by atoms with Gasteiger partial charge in [-0.3, -0.25) is 0 Å². The van der Waals surface area contributed by atoms with E-state index >= 15 is 0 Å². The van der Waals surface area contributed by atoms with Crippen LogP contribution in [0.2, 0.25) is 0 Å². The third-order valence-electron chi connectivity index (χ3n) is 2.48. The van der Waals surface area contributed by atoms with Crippen molar-refractivity contribution in [2.75, 3.05) is 0 Å². The van der Waals surface area contributed by atoms with Crippen molar-refractivity contribution < 1.29 is 4.74 Å². The van der Waals surface area contributed by atoms with E-state index in [-0.39, 0.29) is 6.10 Å². The maximum absolute atomic E-state index is 5.57. The first-order valence-corrected chi connectivity index (χ1v) is 4.57. The third-order valence-corrected chi connectivity index (χ3v) is 2.48. The highest BCUT2D eigenvalue weighted by Gasteiger charge is 2.57. The Morgan fingerprint density at radius 2 is 2.14 bits per heavy atom. The molecule has 0 amide bonds. The Morgan fingerprint density at radius 1 is 1.50 bits per heavy atom. The summed E-state index contributed by atoms with van der Waals surface area (Å²) >= 11 is 0. The van der Waals surface area contributed by atoms with Crippen LogP contribution in [-0.4, -0.2) is 6.10 Å². The number of ether oxygens (including phenoxy) is 1. The molecule has 2 unspecified atom stereocenters. The molecule has 0 N–H and O–H groups in total. The lowest BCUT2D eigenvalue weighted by molar-refractivity contribution is 0.349. The van der Waals surface area contributed by atoms with Gasteiger partial charge in [-0.25, -0.2) is 0 Å². The summed E-state index contributed by atoms with van der Waals surface area (Å²) in [4.78, 5) is 0. The minimum atomic E-state index is -0.549. The molecule has 0 aromatic heterocycles. The molecule has 1 saturated heterocycles. The highest BCUT2D eigenvalue weighted by Crippen LogP contribution is 2.48. The van der Waals surface area contributed by atoms with Gasteiger partial charge in [-0.1, -0.05) is 42.8 Å². The first-order valence-electron chi connectivity index (χ1n) is 4.57. The molecule has 1 heteroatoms. The molecule has 1 aliphatic heterocycles. The van der Waals surface area contributed by atoms with E-state index in [1.54, 1.807) is 0 Å². The van der Waals surface area contributed by atoms with Gasteiger partial charge in [-0.05, 0) is 18.1 Å². The topological polar surface area (TPSA) is 12.5 Å². The lowest BCUT2D eigenvalue weighted by Crippen LogP contribution is -2.10. The Labute approximate surface area is 84.4 Å². The van der Waals surface area contributed by atoms with Crippen LogP contribution in [0.5, 0.6) is 0 Å². The van der Waals surface area contributed by atoms with E-state index < -0.39 is 5.60 Å². The van der Waals surface area contributed by atoms with Gasteiger partial charge in [0.05, 0.1) is 0 Å². The third kappa shape index (κ3) is 1.16. The van der Waals surface area contributed by atoms with Gasteiger partial charge in [0.2, 0.25) is 0 Å². The number of epoxide rings is 1. The first kappa shape index (κ1) is 9.05. The number of terminal acetylenes is 1. The fraction of sp³-hybridized carbons (Fsp3) is 0.231. The van der Waals surface area contributed by atoms with E-state index in [9.17, 15) is 0 Å². The Bertz CT molecular complexity index is 399. The fourth-order valence-corrected chi connectivity index (χ4v) is 1.70. The summed E-state index contributed by atoms with van der Waals surface area (Å²) in [5.74, 6) is 2.72. The molecular formula is C13H12O. The molecule has 70 valence electrons. The van der Waals surface area contributed by atoms with Crippen molar-refractivity contribution in [3.63, 3.8) is 0 Å². The van der Waals surface area contributed by atoms with Gasteiger partial charge in [0, 0.05) is 0 Å². The Morgan fingerprint density at radius 3 is 2.57 bits per heavy atom. The van der Waals surface area contributed by atoms with Gasteiger partial charge in [-0.15, -0.1) is 6.42 Å². The van der Waals surface area contributed by atoms with E-state index in [1.165, 1.54) is 0 Å². The van der Waals surface area contributed by atoms with Crippen molar-refractivity contribution in [1.29, 1.82) is 0 Å². The van der Waals surface area contributed by atoms with Crippen molar-refractivity contribution in [3.8, 4) is 12.3 Å². The molecule has 2 atom stereocenters. The molecule has 1 nitrogen and oxygen atoms in total. The number of rotatable bonds is 2. The van der Waals surface area contributed by atoms with Crippen molar-refractivity contribution in [2.45, 2.75) is 18.6 Å². The van der Waals surface area contributed by atoms with E-state index in [0.29, 0.717) is 0 Å². The molecule has 1 aromatic carbocycles. The second kappa shape index (κ2) is 3.01. The fourth-order valence-electron chi connectivity index (χ4n) is 1.70. The normalized spacial score (nSPS) is 29.3. The van der Waals surface area contributed by atoms with E-state index in [2.05, 4.69) is 12.5 Å². The van der Waals surface area contributed by atoms with Crippen molar-refractivity contribution in [1.82, 2.24) is 0 Å². The lowest BCUT2D eigenvalue weighted by Gasteiger charge is -2.04. The van der Waals surface area contributed by atoms with Crippen LogP contribution in [0.15, 0.2) is 42.5 Å². The summed E-state index contributed by atoms with van der Waals surface area (Å²) in [6, 6.07) is 9.87. The van der Waals surface area contributed by atoms with Crippen LogP contribution in [0.4, 0.5) is 0 Å². The quantitative estimate of drug-likeness (QED) is 0.391. The van der Waals surface area contributed by atoms with Crippen LogP contribution in [0.3, 0.4) is 0 Å². The zero-order chi connectivity index (χ0) is 10.2. The predicted octanol–water partition coefficient (Wildman–Crippen LogP) is 2.49. The summed E-state index contributed by atoms with van der Waals surface area (Å²) in [7, 11) is 0. The van der Waals surface area contributed by atoms with E-state index in [1.807, 2.05) is 37.3 Å². The van der Waals surface area contributed by atoms with Crippen LogP contribution < -0.4 is 0 Å². The molecule has 1 fully saturated rings. The zero-order valence-corrected chi connectivity index (χ0v) is 8.16. The molecule has 14 heavy (non-hydrogen) atoms. The Balaban J connectivity index is 2.36. The van der Waals surface area contributed by atoms with Gasteiger partial charge < -0.3 is 4.74 Å². The van der Waals surface area contributed by atoms with Crippen molar-refractivity contribution in [2.24, 2.45) is 0 Å². The summed E-state index contributed by atoms with van der Waals surface area (Å²) in [5, 5.41) is 0. The van der Waals surface area contributed by atoms with Crippen LogP contribution in [0.1, 0.15) is 12.5 Å². The second-order valence-electron chi connectivity index (χ2n) is 3.59. The van der Waals surface area contributed by atoms with Gasteiger partial charge in [0.15, 0.2) is 5.60 Å². The number of benzene rings is 1. The van der Waals surface area contributed by atoms with Crippen LogP contribution in [0, 0.1) is 12.3 Å². The number of hydrogen-bond acceptors (Lipinski definition) is 1. The highest BCUT2D eigenvalue weighted by atomic mass is 16.6. The van der Waals surface area contributed by atoms with Gasteiger partial charge in [-0.2, -0.15) is 0 Å². The van der Waals surface area contributed by atoms with E-state index in [4.69, 9.17) is 11.2 Å². The SMILES string of the molecule is C#CC1(c2ccccc2)OC1C(=C)C. The smallest absolute Gasteiger partial charge is 0.184 e. The monoisotopic (exact) mass is 184 g/mol.